The molecule has 1 aliphatic rings. The second-order valence-electron chi connectivity index (χ2n) is 4.67. The summed E-state index contributed by atoms with van der Waals surface area (Å²) in [7, 11) is 0. The molecule has 2 rings (SSSR count). The molecule has 1 saturated heterocycles. The van der Waals surface area contributed by atoms with E-state index in [1.807, 2.05) is 6.08 Å². The number of ketones is 1. The van der Waals surface area contributed by atoms with E-state index < -0.39 is 0 Å². The maximum atomic E-state index is 11.8. The second-order valence-corrected chi connectivity index (χ2v) is 5.10. The van der Waals surface area contributed by atoms with Crippen LogP contribution in [0.5, 0.6) is 0 Å². The maximum absolute atomic E-state index is 11.8. The van der Waals surface area contributed by atoms with E-state index >= 15 is 0 Å². The summed E-state index contributed by atoms with van der Waals surface area (Å²) in [4.78, 5) is 14.1. The van der Waals surface area contributed by atoms with Crippen LogP contribution in [-0.2, 0) is 0 Å². The van der Waals surface area contributed by atoms with Gasteiger partial charge in [-0.3, -0.25) is 4.79 Å². The summed E-state index contributed by atoms with van der Waals surface area (Å²) in [5.74, 6) is -0.0000363. The van der Waals surface area contributed by atoms with Gasteiger partial charge in [-0.1, -0.05) is 17.7 Å². The topological polar surface area (TPSA) is 20.3 Å². The van der Waals surface area contributed by atoms with E-state index in [4.69, 9.17) is 11.6 Å². The van der Waals surface area contributed by atoms with Gasteiger partial charge in [0.15, 0.2) is 5.78 Å². The van der Waals surface area contributed by atoms with Gasteiger partial charge >= 0.3 is 0 Å². The molecule has 100 valence electrons. The molecule has 19 heavy (non-hydrogen) atoms. The third kappa shape index (κ3) is 4.56. The summed E-state index contributed by atoms with van der Waals surface area (Å²) in [6.07, 6.45) is 11.2. The van der Waals surface area contributed by atoms with Crippen LogP contribution >= 0.6 is 11.6 Å². The summed E-state index contributed by atoms with van der Waals surface area (Å²) in [5.41, 5.74) is 0.659. The number of piperidine rings is 1. The molecule has 0 bridgehead atoms. The Kier molecular flexibility index (Phi) is 5.22. The largest absolute Gasteiger partial charge is 0.377 e. The van der Waals surface area contributed by atoms with Gasteiger partial charge in [-0.15, -0.1) is 0 Å². The molecule has 0 amide bonds. The highest BCUT2D eigenvalue weighted by Crippen LogP contribution is 2.11. The van der Waals surface area contributed by atoms with Crippen molar-refractivity contribution in [3.63, 3.8) is 0 Å². The maximum Gasteiger partial charge on any atom is 0.185 e. The average Bonchev–Trinajstić information content (AvgIpc) is 2.45. The molecular formula is C16H18ClNO. The summed E-state index contributed by atoms with van der Waals surface area (Å²) in [6.45, 7) is 2.24. The molecule has 0 saturated carbocycles. The molecule has 1 fully saturated rings. The van der Waals surface area contributed by atoms with Gasteiger partial charge < -0.3 is 4.90 Å². The summed E-state index contributed by atoms with van der Waals surface area (Å²) >= 11 is 5.78. The van der Waals surface area contributed by atoms with Crippen LogP contribution in [0.2, 0.25) is 5.02 Å². The molecule has 3 heteroatoms. The lowest BCUT2D eigenvalue weighted by atomic mass is 10.1. The number of nitrogens with zero attached hydrogens (tertiary/aromatic N) is 1. The van der Waals surface area contributed by atoms with E-state index in [2.05, 4.69) is 11.1 Å². The molecule has 0 spiro atoms. The van der Waals surface area contributed by atoms with Gasteiger partial charge in [0.25, 0.3) is 0 Å². The fourth-order valence-corrected chi connectivity index (χ4v) is 2.22. The van der Waals surface area contributed by atoms with Crippen LogP contribution in [0.25, 0.3) is 0 Å². The van der Waals surface area contributed by atoms with E-state index in [-0.39, 0.29) is 5.78 Å². The molecule has 0 aliphatic carbocycles. The van der Waals surface area contributed by atoms with Gasteiger partial charge in [-0.2, -0.15) is 0 Å². The highest BCUT2D eigenvalue weighted by molar-refractivity contribution is 6.30. The van der Waals surface area contributed by atoms with Crippen molar-refractivity contribution in [3.05, 3.63) is 59.3 Å². The van der Waals surface area contributed by atoms with Crippen LogP contribution < -0.4 is 0 Å². The Hall–Kier alpha value is -1.54. The molecule has 2 nitrogen and oxygen atoms in total. The van der Waals surface area contributed by atoms with Crippen molar-refractivity contribution in [3.8, 4) is 0 Å². The van der Waals surface area contributed by atoms with Gasteiger partial charge in [0, 0.05) is 23.7 Å². The number of rotatable bonds is 4. The zero-order valence-electron chi connectivity index (χ0n) is 10.9. The van der Waals surface area contributed by atoms with Crippen molar-refractivity contribution in [2.45, 2.75) is 19.3 Å². The highest BCUT2D eigenvalue weighted by Gasteiger charge is 2.04. The molecule has 1 aliphatic heterocycles. The molecule has 0 unspecified atom stereocenters. The smallest absolute Gasteiger partial charge is 0.185 e. The Labute approximate surface area is 119 Å². The standard InChI is InChI=1S/C16H18ClNO/c17-15-9-7-14(8-10-15)16(19)6-2-5-13-18-11-3-1-4-12-18/h2,5-10,13H,1,3-4,11-12H2/b6-2+,13-5+. The van der Waals surface area contributed by atoms with Crippen LogP contribution in [0.3, 0.4) is 0 Å². The third-order valence-electron chi connectivity index (χ3n) is 3.17. The number of allylic oxidation sites excluding steroid dienone is 3. The average molecular weight is 276 g/mol. The quantitative estimate of drug-likeness (QED) is 0.469. The van der Waals surface area contributed by atoms with Crippen molar-refractivity contribution >= 4 is 17.4 Å². The summed E-state index contributed by atoms with van der Waals surface area (Å²) in [5, 5.41) is 0.644. The fraction of sp³-hybridized carbons (Fsp3) is 0.312. The highest BCUT2D eigenvalue weighted by atomic mass is 35.5. The molecular weight excluding hydrogens is 258 g/mol. The Morgan fingerprint density at radius 3 is 2.42 bits per heavy atom. The number of hydrogen-bond donors (Lipinski definition) is 0. The minimum atomic E-state index is -0.0000363. The number of benzene rings is 1. The Morgan fingerprint density at radius 1 is 1.05 bits per heavy atom. The third-order valence-corrected chi connectivity index (χ3v) is 3.43. The molecule has 0 aromatic heterocycles. The fourth-order valence-electron chi connectivity index (χ4n) is 2.09. The van der Waals surface area contributed by atoms with Crippen molar-refractivity contribution in [1.29, 1.82) is 0 Å². The lowest BCUT2D eigenvalue weighted by Gasteiger charge is -2.24. The van der Waals surface area contributed by atoms with Crippen molar-refractivity contribution in [2.24, 2.45) is 0 Å². The predicted octanol–water partition coefficient (Wildman–Crippen LogP) is 4.08. The van der Waals surface area contributed by atoms with Gasteiger partial charge in [0.2, 0.25) is 0 Å². The Bertz CT molecular complexity index is 470. The van der Waals surface area contributed by atoms with Crippen LogP contribution in [0.4, 0.5) is 0 Å². The second kappa shape index (κ2) is 7.15. The minimum Gasteiger partial charge on any atom is -0.377 e. The Morgan fingerprint density at radius 2 is 1.74 bits per heavy atom. The Balaban J connectivity index is 1.86. The molecule has 1 heterocycles. The zero-order valence-corrected chi connectivity index (χ0v) is 11.6. The van der Waals surface area contributed by atoms with Crippen LogP contribution in [0.15, 0.2) is 48.7 Å². The number of likely N-dealkylation sites (tertiary alicyclic amines) is 1. The first-order valence-corrected chi connectivity index (χ1v) is 7.02. The number of carbonyl (C=O) groups is 1. The number of hydrogen-bond acceptors (Lipinski definition) is 2. The van der Waals surface area contributed by atoms with Crippen molar-refractivity contribution < 1.29 is 4.79 Å². The molecule has 0 atom stereocenters. The lowest BCUT2D eigenvalue weighted by molar-refractivity contribution is 0.104. The van der Waals surface area contributed by atoms with E-state index in [9.17, 15) is 4.79 Å². The minimum absolute atomic E-state index is 0.0000363. The predicted molar refractivity (Wildman–Crippen MR) is 79.5 cm³/mol. The van der Waals surface area contributed by atoms with E-state index in [0.717, 1.165) is 13.1 Å². The zero-order chi connectivity index (χ0) is 13.5. The van der Waals surface area contributed by atoms with E-state index in [0.29, 0.717) is 10.6 Å². The first-order chi connectivity index (χ1) is 9.25. The van der Waals surface area contributed by atoms with Gasteiger partial charge in [0.1, 0.15) is 0 Å². The lowest BCUT2D eigenvalue weighted by Crippen LogP contribution is -2.23. The molecule has 1 aromatic carbocycles. The van der Waals surface area contributed by atoms with Gasteiger partial charge in [0.05, 0.1) is 0 Å². The van der Waals surface area contributed by atoms with Gasteiger partial charge in [-0.05, 0) is 61.9 Å². The summed E-state index contributed by atoms with van der Waals surface area (Å²) in [6, 6.07) is 6.94. The van der Waals surface area contributed by atoms with Gasteiger partial charge in [-0.25, -0.2) is 0 Å². The van der Waals surface area contributed by atoms with Crippen molar-refractivity contribution in [2.75, 3.05) is 13.1 Å². The normalized spacial score (nSPS) is 16.4. The first-order valence-electron chi connectivity index (χ1n) is 6.64. The van der Waals surface area contributed by atoms with Crippen LogP contribution in [-0.4, -0.2) is 23.8 Å². The van der Waals surface area contributed by atoms with Crippen LogP contribution in [0, 0.1) is 0 Å². The van der Waals surface area contributed by atoms with Crippen LogP contribution in [0.1, 0.15) is 29.6 Å². The number of carbonyl (C=O) groups excluding carboxylic acids is 1. The SMILES string of the molecule is O=C(/C=C/C=C/N1CCCCC1)c1ccc(Cl)cc1. The van der Waals surface area contributed by atoms with E-state index in [1.165, 1.54) is 19.3 Å². The first kappa shape index (κ1) is 13.9. The van der Waals surface area contributed by atoms with Crippen molar-refractivity contribution in [1.82, 2.24) is 4.90 Å². The van der Waals surface area contributed by atoms with E-state index in [1.54, 1.807) is 36.4 Å². The monoisotopic (exact) mass is 275 g/mol. The number of halogens is 1. The molecule has 0 radical (unpaired) electrons. The molecule has 1 aromatic rings. The summed E-state index contributed by atoms with van der Waals surface area (Å²) < 4.78 is 0. The molecule has 0 N–H and O–H groups in total.